The number of ether oxygens (including phenoxy) is 1. The summed E-state index contributed by atoms with van der Waals surface area (Å²) in [5, 5.41) is 3.44. The third-order valence-electron chi connectivity index (χ3n) is 3.43. The number of hydrogen-bond acceptors (Lipinski definition) is 2. The second-order valence-corrected chi connectivity index (χ2v) is 7.21. The molecule has 0 heterocycles. The van der Waals surface area contributed by atoms with Crippen LogP contribution in [0, 0.1) is 19.3 Å². The average molecular weight is 328 g/mol. The first-order valence-corrected chi connectivity index (χ1v) is 7.51. The molecule has 0 aromatic heterocycles. The van der Waals surface area contributed by atoms with E-state index in [4.69, 9.17) is 4.74 Å². The van der Waals surface area contributed by atoms with E-state index >= 15 is 0 Å². The Kier molecular flexibility index (Phi) is 5.45. The first-order valence-electron chi connectivity index (χ1n) is 6.72. The van der Waals surface area contributed by atoms with Gasteiger partial charge >= 0.3 is 0 Å². The lowest BCUT2D eigenvalue weighted by molar-refractivity contribution is 0.312. The largest absolute Gasteiger partial charge is 0.496 e. The van der Waals surface area contributed by atoms with Crippen LogP contribution in [-0.2, 0) is 0 Å². The van der Waals surface area contributed by atoms with E-state index in [-0.39, 0.29) is 5.41 Å². The summed E-state index contributed by atoms with van der Waals surface area (Å²) in [6, 6.07) is 2.42. The van der Waals surface area contributed by atoms with Crippen molar-refractivity contribution in [2.24, 2.45) is 5.41 Å². The molecule has 3 heteroatoms. The Balaban J connectivity index is 3.37. The van der Waals surface area contributed by atoms with Gasteiger partial charge in [0.05, 0.1) is 7.11 Å². The third-order valence-corrected chi connectivity index (χ3v) is 4.25. The van der Waals surface area contributed by atoms with Gasteiger partial charge < -0.3 is 10.1 Å². The summed E-state index contributed by atoms with van der Waals surface area (Å²) in [5.74, 6) is 1.00. The van der Waals surface area contributed by atoms with Crippen molar-refractivity contribution in [2.75, 3.05) is 14.2 Å². The van der Waals surface area contributed by atoms with E-state index in [1.54, 1.807) is 7.11 Å². The molecule has 2 nitrogen and oxygen atoms in total. The third kappa shape index (κ3) is 3.96. The quantitative estimate of drug-likeness (QED) is 0.859. The van der Waals surface area contributed by atoms with E-state index in [9.17, 15) is 0 Å². The van der Waals surface area contributed by atoms with Gasteiger partial charge in [-0.25, -0.2) is 0 Å². The summed E-state index contributed by atoms with van der Waals surface area (Å²) >= 11 is 3.65. The molecule has 1 aromatic rings. The zero-order valence-electron chi connectivity index (χ0n) is 13.1. The van der Waals surface area contributed by atoms with Crippen molar-refractivity contribution >= 4 is 15.9 Å². The lowest BCUT2D eigenvalue weighted by Gasteiger charge is -2.29. The molecule has 0 bridgehead atoms. The Hall–Kier alpha value is -0.540. The topological polar surface area (TPSA) is 21.3 Å². The fraction of sp³-hybridized carbons (Fsp3) is 0.625. The summed E-state index contributed by atoms with van der Waals surface area (Å²) < 4.78 is 6.80. The van der Waals surface area contributed by atoms with Gasteiger partial charge in [0, 0.05) is 16.1 Å². The van der Waals surface area contributed by atoms with E-state index in [1.165, 1.54) is 16.7 Å². The van der Waals surface area contributed by atoms with E-state index in [1.807, 2.05) is 7.05 Å². The first-order chi connectivity index (χ1) is 8.71. The second kappa shape index (κ2) is 6.27. The smallest absolute Gasteiger partial charge is 0.126 e. The molecule has 0 spiro atoms. The highest BCUT2D eigenvalue weighted by molar-refractivity contribution is 9.10. The van der Waals surface area contributed by atoms with E-state index in [0.29, 0.717) is 6.04 Å². The summed E-state index contributed by atoms with van der Waals surface area (Å²) in [5.41, 5.74) is 3.96. The highest BCUT2D eigenvalue weighted by atomic mass is 79.9. The van der Waals surface area contributed by atoms with Crippen molar-refractivity contribution in [3.8, 4) is 5.75 Å². The Morgan fingerprint density at radius 3 is 2.32 bits per heavy atom. The number of hydrogen-bond donors (Lipinski definition) is 1. The summed E-state index contributed by atoms with van der Waals surface area (Å²) in [7, 11) is 3.77. The van der Waals surface area contributed by atoms with Crippen LogP contribution in [0.2, 0.25) is 0 Å². The van der Waals surface area contributed by atoms with Crippen LogP contribution in [0.4, 0.5) is 0 Å². The standard InChI is InChI=1S/C16H26BrNO/c1-10-8-12(17)11(2)14(15(10)19-7)13(18-6)9-16(3,4)5/h8,13,18H,9H2,1-7H3. The van der Waals surface area contributed by atoms with Gasteiger partial charge in [0.2, 0.25) is 0 Å². The zero-order chi connectivity index (χ0) is 14.8. The molecule has 0 amide bonds. The summed E-state index contributed by atoms with van der Waals surface area (Å²) in [4.78, 5) is 0. The molecule has 0 saturated heterocycles. The lowest BCUT2D eigenvalue weighted by atomic mass is 9.83. The minimum atomic E-state index is 0.265. The van der Waals surface area contributed by atoms with Gasteiger partial charge in [-0.3, -0.25) is 0 Å². The maximum absolute atomic E-state index is 5.65. The molecular weight excluding hydrogens is 302 g/mol. The van der Waals surface area contributed by atoms with Crippen LogP contribution in [0.5, 0.6) is 5.75 Å². The molecule has 0 fully saturated rings. The van der Waals surface area contributed by atoms with Crippen LogP contribution in [-0.4, -0.2) is 14.2 Å². The number of aryl methyl sites for hydroxylation is 1. The van der Waals surface area contributed by atoms with Gasteiger partial charge in [-0.15, -0.1) is 0 Å². The average Bonchev–Trinajstić information content (AvgIpc) is 2.29. The molecular formula is C16H26BrNO. The molecule has 19 heavy (non-hydrogen) atoms. The predicted octanol–water partition coefficient (Wildman–Crippen LogP) is 4.77. The van der Waals surface area contributed by atoms with Crippen LogP contribution in [0.3, 0.4) is 0 Å². The summed E-state index contributed by atoms with van der Waals surface area (Å²) in [6.07, 6.45) is 1.07. The number of halogens is 1. The molecule has 1 aromatic carbocycles. The summed E-state index contributed by atoms with van der Waals surface area (Å²) in [6.45, 7) is 11.0. The monoisotopic (exact) mass is 327 g/mol. The minimum absolute atomic E-state index is 0.265. The Morgan fingerprint density at radius 2 is 1.89 bits per heavy atom. The van der Waals surface area contributed by atoms with Crippen LogP contribution in [0.25, 0.3) is 0 Å². The van der Waals surface area contributed by atoms with Crippen molar-refractivity contribution in [3.05, 3.63) is 27.2 Å². The molecule has 0 saturated carbocycles. The van der Waals surface area contributed by atoms with Gasteiger partial charge in [0.1, 0.15) is 5.75 Å². The van der Waals surface area contributed by atoms with Crippen LogP contribution >= 0.6 is 15.9 Å². The fourth-order valence-electron chi connectivity index (χ4n) is 2.53. The molecule has 1 rings (SSSR count). The van der Waals surface area contributed by atoms with Crippen LogP contribution in [0.1, 0.15) is 49.9 Å². The normalized spacial score (nSPS) is 13.5. The minimum Gasteiger partial charge on any atom is -0.496 e. The molecule has 0 aliphatic carbocycles. The lowest BCUT2D eigenvalue weighted by Crippen LogP contribution is -2.24. The Morgan fingerprint density at radius 1 is 1.32 bits per heavy atom. The van der Waals surface area contributed by atoms with Gasteiger partial charge in [-0.2, -0.15) is 0 Å². The van der Waals surface area contributed by atoms with Gasteiger partial charge in [-0.1, -0.05) is 36.7 Å². The maximum Gasteiger partial charge on any atom is 0.126 e. The molecule has 1 atom stereocenters. The number of methoxy groups -OCH3 is 1. The highest BCUT2D eigenvalue weighted by Crippen LogP contribution is 2.40. The van der Waals surface area contributed by atoms with Crippen molar-refractivity contribution in [1.29, 1.82) is 0 Å². The Labute approximate surface area is 126 Å². The SMILES string of the molecule is CNC(CC(C)(C)C)c1c(C)c(Br)cc(C)c1OC. The van der Waals surface area contributed by atoms with Gasteiger partial charge in [0.25, 0.3) is 0 Å². The molecule has 0 radical (unpaired) electrons. The predicted molar refractivity (Wildman–Crippen MR) is 86.0 cm³/mol. The van der Waals surface area contributed by atoms with Gasteiger partial charge in [-0.05, 0) is 49.9 Å². The van der Waals surface area contributed by atoms with E-state index in [0.717, 1.165) is 16.6 Å². The van der Waals surface area contributed by atoms with E-state index in [2.05, 4.69) is 61.9 Å². The van der Waals surface area contributed by atoms with Crippen molar-refractivity contribution < 1.29 is 4.74 Å². The van der Waals surface area contributed by atoms with Crippen molar-refractivity contribution in [1.82, 2.24) is 5.32 Å². The van der Waals surface area contributed by atoms with Gasteiger partial charge in [0.15, 0.2) is 0 Å². The fourth-order valence-corrected chi connectivity index (χ4v) is 3.08. The van der Waals surface area contributed by atoms with Crippen LogP contribution in [0.15, 0.2) is 10.5 Å². The van der Waals surface area contributed by atoms with Crippen molar-refractivity contribution in [2.45, 2.75) is 47.1 Å². The second-order valence-electron chi connectivity index (χ2n) is 6.35. The molecule has 108 valence electrons. The van der Waals surface area contributed by atoms with Crippen molar-refractivity contribution in [3.63, 3.8) is 0 Å². The van der Waals surface area contributed by atoms with Crippen LogP contribution < -0.4 is 10.1 Å². The highest BCUT2D eigenvalue weighted by Gasteiger charge is 2.25. The molecule has 1 N–H and O–H groups in total. The Bertz CT molecular complexity index is 449. The number of nitrogens with one attached hydrogen (secondary N) is 1. The van der Waals surface area contributed by atoms with E-state index < -0.39 is 0 Å². The number of rotatable bonds is 4. The molecule has 0 aliphatic rings. The number of benzene rings is 1. The zero-order valence-corrected chi connectivity index (χ0v) is 14.7. The first kappa shape index (κ1) is 16.5. The maximum atomic E-state index is 5.65. The molecule has 1 unspecified atom stereocenters. The molecule has 0 aliphatic heterocycles.